The van der Waals surface area contributed by atoms with Gasteiger partial charge in [-0.25, -0.2) is 4.99 Å². The Morgan fingerprint density at radius 3 is 2.62 bits per heavy atom. The molecule has 0 saturated heterocycles. The average molecular weight is 341 g/mol. The van der Waals surface area contributed by atoms with E-state index in [1.807, 2.05) is 6.92 Å². The van der Waals surface area contributed by atoms with Crippen LogP contribution in [-0.4, -0.2) is 32.3 Å². The highest BCUT2D eigenvalue weighted by Gasteiger charge is 1.94. The normalized spacial score (nSPS) is 11.1. The molecular weight excluding hydrogens is 317 g/mol. The van der Waals surface area contributed by atoms with E-state index in [1.54, 1.807) is 0 Å². The van der Waals surface area contributed by atoms with Gasteiger partial charge in [0.05, 0.1) is 13.2 Å². The second-order valence-electron chi connectivity index (χ2n) is 4.05. The Kier molecular flexibility index (Phi) is 12.6. The SMILES string of the molecule is C=C(C)CN=C(N)NCCOCC(C)C.I. The fourth-order valence-electron chi connectivity index (χ4n) is 0.846. The molecule has 0 aromatic rings. The maximum Gasteiger partial charge on any atom is 0.188 e. The van der Waals surface area contributed by atoms with Crippen LogP contribution in [0.1, 0.15) is 20.8 Å². The van der Waals surface area contributed by atoms with E-state index >= 15 is 0 Å². The van der Waals surface area contributed by atoms with Crippen molar-refractivity contribution in [3.63, 3.8) is 0 Å². The maximum absolute atomic E-state index is 5.61. The summed E-state index contributed by atoms with van der Waals surface area (Å²) >= 11 is 0. The second-order valence-corrected chi connectivity index (χ2v) is 4.05. The summed E-state index contributed by atoms with van der Waals surface area (Å²) in [5.41, 5.74) is 6.60. The van der Waals surface area contributed by atoms with Crippen LogP contribution in [0.2, 0.25) is 0 Å². The van der Waals surface area contributed by atoms with Gasteiger partial charge in [-0.2, -0.15) is 0 Å². The van der Waals surface area contributed by atoms with Crippen molar-refractivity contribution in [2.24, 2.45) is 16.6 Å². The lowest BCUT2D eigenvalue weighted by molar-refractivity contribution is 0.114. The number of aliphatic imine (C=N–C) groups is 1. The number of halogens is 1. The van der Waals surface area contributed by atoms with E-state index in [0.29, 0.717) is 31.6 Å². The third-order valence-corrected chi connectivity index (χ3v) is 1.52. The van der Waals surface area contributed by atoms with Crippen molar-refractivity contribution in [1.82, 2.24) is 5.32 Å². The van der Waals surface area contributed by atoms with Crippen molar-refractivity contribution >= 4 is 29.9 Å². The zero-order valence-electron chi connectivity index (χ0n) is 10.5. The third kappa shape index (κ3) is 13.7. The maximum atomic E-state index is 5.61. The van der Waals surface area contributed by atoms with Crippen LogP contribution in [-0.2, 0) is 4.74 Å². The molecule has 96 valence electrons. The van der Waals surface area contributed by atoms with Crippen LogP contribution in [0.4, 0.5) is 0 Å². The first-order valence-corrected chi connectivity index (χ1v) is 5.28. The van der Waals surface area contributed by atoms with Crippen molar-refractivity contribution in [2.75, 3.05) is 26.3 Å². The number of nitrogens with two attached hydrogens (primary N) is 1. The van der Waals surface area contributed by atoms with Crippen molar-refractivity contribution in [3.8, 4) is 0 Å². The fraction of sp³-hybridized carbons (Fsp3) is 0.727. The van der Waals surface area contributed by atoms with Crippen molar-refractivity contribution < 1.29 is 4.74 Å². The number of hydrogen-bond donors (Lipinski definition) is 2. The molecule has 0 aliphatic carbocycles. The summed E-state index contributed by atoms with van der Waals surface area (Å²) in [7, 11) is 0. The molecule has 0 saturated carbocycles. The van der Waals surface area contributed by atoms with Crippen LogP contribution >= 0.6 is 24.0 Å². The molecule has 0 aromatic heterocycles. The Balaban J connectivity index is 0. The molecule has 0 unspecified atom stereocenters. The predicted octanol–water partition coefficient (Wildman–Crippen LogP) is 1.76. The lowest BCUT2D eigenvalue weighted by Crippen LogP contribution is -2.34. The molecule has 0 atom stereocenters. The van der Waals surface area contributed by atoms with Crippen molar-refractivity contribution in [2.45, 2.75) is 20.8 Å². The van der Waals surface area contributed by atoms with Crippen LogP contribution in [0.3, 0.4) is 0 Å². The molecule has 0 spiro atoms. The average Bonchev–Trinajstić information content (AvgIpc) is 2.13. The van der Waals surface area contributed by atoms with E-state index in [4.69, 9.17) is 10.5 Å². The van der Waals surface area contributed by atoms with Gasteiger partial charge in [-0.15, -0.1) is 24.0 Å². The van der Waals surface area contributed by atoms with Gasteiger partial charge >= 0.3 is 0 Å². The van der Waals surface area contributed by atoms with E-state index in [0.717, 1.165) is 12.2 Å². The van der Waals surface area contributed by atoms with E-state index < -0.39 is 0 Å². The van der Waals surface area contributed by atoms with Crippen LogP contribution in [0.5, 0.6) is 0 Å². The monoisotopic (exact) mass is 341 g/mol. The second kappa shape index (κ2) is 11.2. The van der Waals surface area contributed by atoms with E-state index in [9.17, 15) is 0 Å². The van der Waals surface area contributed by atoms with Crippen LogP contribution in [0.15, 0.2) is 17.1 Å². The van der Waals surface area contributed by atoms with Crippen molar-refractivity contribution in [1.29, 1.82) is 0 Å². The number of rotatable bonds is 7. The topological polar surface area (TPSA) is 59.6 Å². The van der Waals surface area contributed by atoms with Gasteiger partial charge in [0.25, 0.3) is 0 Å². The molecule has 0 fully saturated rings. The summed E-state index contributed by atoms with van der Waals surface area (Å²) in [6.45, 7) is 12.6. The minimum absolute atomic E-state index is 0. The molecule has 0 amide bonds. The Morgan fingerprint density at radius 1 is 1.50 bits per heavy atom. The Hall–Kier alpha value is -0.300. The Labute approximate surface area is 116 Å². The molecule has 0 rings (SSSR count). The minimum Gasteiger partial charge on any atom is -0.379 e. The molecule has 0 radical (unpaired) electrons. The summed E-state index contributed by atoms with van der Waals surface area (Å²) < 4.78 is 5.38. The zero-order valence-corrected chi connectivity index (χ0v) is 12.8. The van der Waals surface area contributed by atoms with Crippen LogP contribution < -0.4 is 11.1 Å². The quantitative estimate of drug-likeness (QED) is 0.244. The number of hydrogen-bond acceptors (Lipinski definition) is 2. The molecule has 4 nitrogen and oxygen atoms in total. The number of ether oxygens (including phenoxy) is 1. The smallest absolute Gasteiger partial charge is 0.188 e. The molecular formula is C11H24IN3O. The first-order valence-electron chi connectivity index (χ1n) is 5.28. The third-order valence-electron chi connectivity index (χ3n) is 1.52. The number of nitrogens with zero attached hydrogens (tertiary/aromatic N) is 1. The highest BCUT2D eigenvalue weighted by Crippen LogP contribution is 1.91. The lowest BCUT2D eigenvalue weighted by atomic mass is 10.2. The molecule has 16 heavy (non-hydrogen) atoms. The minimum atomic E-state index is 0. The van der Waals surface area contributed by atoms with Crippen LogP contribution in [0, 0.1) is 5.92 Å². The largest absolute Gasteiger partial charge is 0.379 e. The zero-order chi connectivity index (χ0) is 11.7. The number of guanidine groups is 1. The Morgan fingerprint density at radius 2 is 2.12 bits per heavy atom. The van der Waals surface area contributed by atoms with Gasteiger partial charge < -0.3 is 15.8 Å². The van der Waals surface area contributed by atoms with Gasteiger partial charge in [0, 0.05) is 13.2 Å². The molecule has 0 aromatic carbocycles. The fourth-order valence-corrected chi connectivity index (χ4v) is 0.846. The summed E-state index contributed by atoms with van der Waals surface area (Å²) in [5, 5.41) is 2.97. The molecule has 3 N–H and O–H groups in total. The molecule has 0 bridgehead atoms. The number of nitrogens with one attached hydrogen (secondary N) is 1. The van der Waals surface area contributed by atoms with Gasteiger partial charge in [0.1, 0.15) is 0 Å². The van der Waals surface area contributed by atoms with Gasteiger partial charge in [-0.05, 0) is 12.8 Å². The summed E-state index contributed by atoms with van der Waals surface area (Å²) in [6.07, 6.45) is 0. The predicted molar refractivity (Wildman–Crippen MR) is 80.4 cm³/mol. The lowest BCUT2D eigenvalue weighted by Gasteiger charge is -2.08. The molecule has 0 aliphatic rings. The standard InChI is InChI=1S/C11H23N3O.HI/c1-9(2)7-14-11(12)13-5-6-15-8-10(3)4;/h10H,1,5-8H2,2-4H3,(H3,12,13,14);1H. The summed E-state index contributed by atoms with van der Waals surface area (Å²) in [5.74, 6) is 1.02. The van der Waals surface area contributed by atoms with E-state index in [2.05, 4.69) is 30.7 Å². The van der Waals surface area contributed by atoms with Gasteiger partial charge in [-0.3, -0.25) is 0 Å². The van der Waals surface area contributed by atoms with Crippen LogP contribution in [0.25, 0.3) is 0 Å². The van der Waals surface area contributed by atoms with E-state index in [1.165, 1.54) is 0 Å². The molecule has 0 heterocycles. The van der Waals surface area contributed by atoms with E-state index in [-0.39, 0.29) is 24.0 Å². The highest BCUT2D eigenvalue weighted by atomic mass is 127. The molecule has 5 heteroatoms. The first kappa shape index (κ1) is 18.1. The van der Waals surface area contributed by atoms with Gasteiger partial charge in [0.15, 0.2) is 5.96 Å². The molecule has 0 aliphatic heterocycles. The first-order chi connectivity index (χ1) is 7.02. The van der Waals surface area contributed by atoms with Gasteiger partial charge in [-0.1, -0.05) is 26.0 Å². The van der Waals surface area contributed by atoms with Gasteiger partial charge in [0.2, 0.25) is 0 Å². The van der Waals surface area contributed by atoms with Crippen molar-refractivity contribution in [3.05, 3.63) is 12.2 Å². The summed E-state index contributed by atoms with van der Waals surface area (Å²) in [4.78, 5) is 4.08. The Bertz CT molecular complexity index is 217. The summed E-state index contributed by atoms with van der Waals surface area (Å²) in [6, 6.07) is 0. The highest BCUT2D eigenvalue weighted by molar-refractivity contribution is 14.0.